The molecular formula is C22H32N2O. The Morgan fingerprint density at radius 1 is 1.16 bits per heavy atom. The molecule has 0 saturated carbocycles. The van der Waals surface area contributed by atoms with Crippen molar-refractivity contribution in [3.8, 4) is 0 Å². The first-order valence-electron chi connectivity index (χ1n) is 9.77. The Bertz CT molecular complexity index is 760. The van der Waals surface area contributed by atoms with E-state index >= 15 is 0 Å². The van der Waals surface area contributed by atoms with Gasteiger partial charge in [0.05, 0.1) is 0 Å². The summed E-state index contributed by atoms with van der Waals surface area (Å²) in [5, 5.41) is 1.30. The van der Waals surface area contributed by atoms with E-state index in [4.69, 9.17) is 0 Å². The van der Waals surface area contributed by atoms with Gasteiger partial charge < -0.3 is 4.98 Å². The van der Waals surface area contributed by atoms with Gasteiger partial charge in [0.1, 0.15) is 0 Å². The summed E-state index contributed by atoms with van der Waals surface area (Å²) in [6, 6.07) is 4.62. The maximum atomic E-state index is 13.1. The summed E-state index contributed by atoms with van der Waals surface area (Å²) in [6.07, 6.45) is 6.57. The van der Waals surface area contributed by atoms with E-state index in [1.807, 2.05) is 26.8 Å². The Labute approximate surface area is 151 Å². The average molecular weight is 341 g/mol. The monoisotopic (exact) mass is 340 g/mol. The normalized spacial score (nSPS) is 17.4. The van der Waals surface area contributed by atoms with Crippen LogP contribution in [0.3, 0.4) is 0 Å². The lowest BCUT2D eigenvalue weighted by Gasteiger charge is -2.35. The van der Waals surface area contributed by atoms with Crippen molar-refractivity contribution in [2.75, 3.05) is 13.1 Å². The molecule has 0 amide bonds. The van der Waals surface area contributed by atoms with Crippen LogP contribution < -0.4 is 0 Å². The molecule has 3 rings (SSSR count). The minimum Gasteiger partial charge on any atom is -0.361 e. The van der Waals surface area contributed by atoms with Gasteiger partial charge >= 0.3 is 0 Å². The highest BCUT2D eigenvalue weighted by Gasteiger charge is 2.32. The van der Waals surface area contributed by atoms with Gasteiger partial charge in [-0.05, 0) is 62.0 Å². The molecule has 0 saturated heterocycles. The summed E-state index contributed by atoms with van der Waals surface area (Å²) in [6.45, 7) is 12.8. The topological polar surface area (TPSA) is 36.1 Å². The smallest absolute Gasteiger partial charge is 0.168 e. The van der Waals surface area contributed by atoms with Gasteiger partial charge in [-0.15, -0.1) is 0 Å². The lowest BCUT2D eigenvalue weighted by atomic mass is 9.79. The first-order valence-corrected chi connectivity index (χ1v) is 9.77. The number of carbonyl (C=O) groups is 1. The van der Waals surface area contributed by atoms with E-state index in [0.717, 1.165) is 31.5 Å². The fourth-order valence-electron chi connectivity index (χ4n) is 4.23. The molecule has 1 aromatic heterocycles. The van der Waals surface area contributed by atoms with Crippen molar-refractivity contribution in [2.45, 2.75) is 66.3 Å². The Morgan fingerprint density at radius 3 is 2.44 bits per heavy atom. The van der Waals surface area contributed by atoms with E-state index in [9.17, 15) is 4.79 Å². The van der Waals surface area contributed by atoms with Gasteiger partial charge in [-0.25, -0.2) is 0 Å². The predicted octanol–water partition coefficient (Wildman–Crippen LogP) is 4.99. The van der Waals surface area contributed by atoms with Crippen molar-refractivity contribution in [1.29, 1.82) is 0 Å². The molecule has 1 unspecified atom stereocenters. The summed E-state index contributed by atoms with van der Waals surface area (Å²) < 4.78 is 0. The van der Waals surface area contributed by atoms with E-state index in [1.165, 1.54) is 34.9 Å². The van der Waals surface area contributed by atoms with Crippen LogP contribution in [-0.2, 0) is 12.8 Å². The number of hydrogen-bond acceptors (Lipinski definition) is 2. The molecule has 0 radical (unpaired) electrons. The van der Waals surface area contributed by atoms with E-state index in [-0.39, 0.29) is 11.2 Å². The minimum atomic E-state index is -0.347. The summed E-state index contributed by atoms with van der Waals surface area (Å²) in [5.74, 6) is 0.259. The highest BCUT2D eigenvalue weighted by atomic mass is 16.1. The number of aromatic amines is 1. The molecular weight excluding hydrogens is 308 g/mol. The standard InChI is InChI=1S/C22H32N2O/c1-6-10-24(11-7-2)16-12-15-14-23-19-9-8-17(18(13-16)20(15)19)21(25)22(3,4)5/h8-9,14,16,23H,6-7,10-13H2,1-5H3. The molecule has 0 bridgehead atoms. The first kappa shape index (κ1) is 18.2. The van der Waals surface area contributed by atoms with Crippen LogP contribution in [0, 0.1) is 5.41 Å². The van der Waals surface area contributed by atoms with Gasteiger partial charge in [-0.1, -0.05) is 34.6 Å². The van der Waals surface area contributed by atoms with Crippen molar-refractivity contribution < 1.29 is 4.79 Å². The Balaban J connectivity index is 2.05. The van der Waals surface area contributed by atoms with Crippen LogP contribution in [0.4, 0.5) is 0 Å². The zero-order valence-corrected chi connectivity index (χ0v) is 16.4. The number of nitrogens with zero attached hydrogens (tertiary/aromatic N) is 1. The average Bonchev–Trinajstić information content (AvgIpc) is 2.98. The van der Waals surface area contributed by atoms with Crippen LogP contribution in [0.1, 0.15) is 68.9 Å². The molecule has 0 spiro atoms. The number of ketones is 1. The quantitative estimate of drug-likeness (QED) is 0.752. The second-order valence-electron chi connectivity index (χ2n) is 8.51. The van der Waals surface area contributed by atoms with Gasteiger partial charge in [0.2, 0.25) is 0 Å². The third kappa shape index (κ3) is 3.39. The largest absolute Gasteiger partial charge is 0.361 e. The summed E-state index contributed by atoms with van der Waals surface area (Å²) in [4.78, 5) is 19.1. The second-order valence-corrected chi connectivity index (χ2v) is 8.51. The number of carbonyl (C=O) groups excluding carboxylic acids is 1. The van der Waals surface area contributed by atoms with Crippen molar-refractivity contribution in [3.63, 3.8) is 0 Å². The van der Waals surface area contributed by atoms with Gasteiger partial charge in [0.25, 0.3) is 0 Å². The Morgan fingerprint density at radius 2 is 1.84 bits per heavy atom. The summed E-state index contributed by atoms with van der Waals surface area (Å²) in [7, 11) is 0. The van der Waals surface area contributed by atoms with Crippen LogP contribution in [0.15, 0.2) is 18.3 Å². The van der Waals surface area contributed by atoms with E-state index in [0.29, 0.717) is 6.04 Å². The molecule has 1 N–H and O–H groups in total. The molecule has 2 aromatic rings. The molecule has 0 fully saturated rings. The SMILES string of the molecule is CCCN(CCC)C1Cc2c[nH]c3ccc(C(=O)C(C)(C)C)c(c23)C1. The molecule has 1 aliphatic carbocycles. The third-order valence-corrected chi connectivity index (χ3v) is 5.40. The van der Waals surface area contributed by atoms with E-state index < -0.39 is 0 Å². The van der Waals surface area contributed by atoms with E-state index in [2.05, 4.69) is 36.0 Å². The molecule has 1 aliphatic rings. The zero-order valence-electron chi connectivity index (χ0n) is 16.4. The number of H-pyrrole nitrogens is 1. The van der Waals surface area contributed by atoms with Crippen LogP contribution >= 0.6 is 0 Å². The Hall–Kier alpha value is -1.61. The molecule has 3 heteroatoms. The second kappa shape index (κ2) is 6.95. The molecule has 25 heavy (non-hydrogen) atoms. The fourth-order valence-corrected chi connectivity index (χ4v) is 4.23. The van der Waals surface area contributed by atoms with Crippen molar-refractivity contribution in [3.05, 3.63) is 35.0 Å². The number of benzene rings is 1. The van der Waals surface area contributed by atoms with Crippen molar-refractivity contribution in [1.82, 2.24) is 9.88 Å². The van der Waals surface area contributed by atoms with Gasteiger partial charge in [-0.2, -0.15) is 0 Å². The summed E-state index contributed by atoms with van der Waals surface area (Å²) in [5.41, 5.74) is 4.40. The van der Waals surface area contributed by atoms with Crippen molar-refractivity contribution >= 4 is 16.7 Å². The molecule has 0 aliphatic heterocycles. The van der Waals surface area contributed by atoms with Crippen molar-refractivity contribution in [2.24, 2.45) is 5.41 Å². The highest BCUT2D eigenvalue weighted by Crippen LogP contribution is 2.36. The number of aromatic nitrogens is 1. The zero-order chi connectivity index (χ0) is 18.2. The minimum absolute atomic E-state index is 0.259. The number of rotatable bonds is 6. The lowest BCUT2D eigenvalue weighted by molar-refractivity contribution is 0.0856. The Kier molecular flexibility index (Phi) is 5.06. The number of Topliss-reactive ketones (excluding diaryl/α,β-unsaturated/α-hetero) is 1. The number of hydrogen-bond donors (Lipinski definition) is 1. The van der Waals surface area contributed by atoms with E-state index in [1.54, 1.807) is 0 Å². The molecule has 136 valence electrons. The number of nitrogens with one attached hydrogen (secondary N) is 1. The summed E-state index contributed by atoms with van der Waals surface area (Å²) >= 11 is 0. The van der Waals surface area contributed by atoms with Crippen LogP contribution in [0.2, 0.25) is 0 Å². The predicted molar refractivity (Wildman–Crippen MR) is 105 cm³/mol. The molecule has 1 aromatic carbocycles. The first-order chi connectivity index (χ1) is 11.9. The van der Waals surface area contributed by atoms with Crippen LogP contribution in [0.25, 0.3) is 10.9 Å². The lowest BCUT2D eigenvalue weighted by Crippen LogP contribution is -2.41. The van der Waals surface area contributed by atoms with Crippen LogP contribution in [-0.4, -0.2) is 34.8 Å². The highest BCUT2D eigenvalue weighted by molar-refractivity contribution is 6.05. The van der Waals surface area contributed by atoms with Gasteiger partial charge in [0, 0.05) is 34.1 Å². The van der Waals surface area contributed by atoms with Crippen LogP contribution in [0.5, 0.6) is 0 Å². The molecule has 1 atom stereocenters. The maximum absolute atomic E-state index is 13.1. The third-order valence-electron chi connectivity index (χ3n) is 5.40. The fraction of sp³-hybridized carbons (Fsp3) is 0.591. The molecule has 3 nitrogen and oxygen atoms in total. The van der Waals surface area contributed by atoms with Gasteiger partial charge in [-0.3, -0.25) is 9.69 Å². The molecule has 1 heterocycles. The van der Waals surface area contributed by atoms with Gasteiger partial charge in [0.15, 0.2) is 5.78 Å². The maximum Gasteiger partial charge on any atom is 0.168 e.